The van der Waals surface area contributed by atoms with Crippen molar-refractivity contribution in [1.29, 1.82) is 0 Å². The highest BCUT2D eigenvalue weighted by Gasteiger charge is 2.18. The molecule has 0 radical (unpaired) electrons. The molecule has 1 aliphatic carbocycles. The van der Waals surface area contributed by atoms with E-state index >= 15 is 0 Å². The summed E-state index contributed by atoms with van der Waals surface area (Å²) >= 11 is 0. The first-order valence-corrected chi connectivity index (χ1v) is 7.17. The lowest BCUT2D eigenvalue weighted by Gasteiger charge is -2.13. The molecule has 1 aliphatic rings. The number of aromatic nitrogens is 3. The van der Waals surface area contributed by atoms with Crippen LogP contribution in [0.5, 0.6) is 0 Å². The molecule has 0 saturated heterocycles. The molecular weight excluding hydrogens is 270 g/mol. The molecule has 7 heteroatoms. The second-order valence-electron chi connectivity index (χ2n) is 5.23. The summed E-state index contributed by atoms with van der Waals surface area (Å²) in [4.78, 5) is 16.4. The second kappa shape index (κ2) is 6.09. The van der Waals surface area contributed by atoms with E-state index in [9.17, 15) is 4.79 Å². The van der Waals surface area contributed by atoms with Gasteiger partial charge in [-0.2, -0.15) is 0 Å². The van der Waals surface area contributed by atoms with Gasteiger partial charge in [0.2, 0.25) is 0 Å². The van der Waals surface area contributed by atoms with Crippen LogP contribution in [-0.2, 0) is 11.3 Å². The standard InChI is InChI=1S/C14H19N5O2/c1-21-9-12-17-13-11(7-4-8-19(13)18-12)16-14(20)15-10-5-2-3-6-10/h4,7-8,10H,2-3,5-6,9H2,1H3,(H2,15,16,20). The van der Waals surface area contributed by atoms with Crippen LogP contribution in [0, 0.1) is 0 Å². The fourth-order valence-corrected chi connectivity index (χ4v) is 2.65. The maximum absolute atomic E-state index is 12.0. The van der Waals surface area contributed by atoms with Gasteiger partial charge in [-0.25, -0.2) is 14.3 Å². The summed E-state index contributed by atoms with van der Waals surface area (Å²) < 4.78 is 6.67. The number of anilines is 1. The number of fused-ring (bicyclic) bond motifs is 1. The minimum atomic E-state index is -0.189. The zero-order valence-corrected chi connectivity index (χ0v) is 12.0. The number of nitrogens with one attached hydrogen (secondary N) is 2. The number of pyridine rings is 1. The van der Waals surface area contributed by atoms with Crippen LogP contribution in [-0.4, -0.2) is 33.8 Å². The molecule has 0 aromatic carbocycles. The first kappa shape index (κ1) is 13.8. The zero-order valence-electron chi connectivity index (χ0n) is 12.0. The van der Waals surface area contributed by atoms with Crippen LogP contribution in [0.15, 0.2) is 18.3 Å². The highest BCUT2D eigenvalue weighted by Crippen LogP contribution is 2.18. The van der Waals surface area contributed by atoms with Crippen molar-refractivity contribution in [3.8, 4) is 0 Å². The van der Waals surface area contributed by atoms with Crippen molar-refractivity contribution >= 4 is 17.4 Å². The van der Waals surface area contributed by atoms with E-state index in [0.717, 1.165) is 12.8 Å². The number of urea groups is 1. The summed E-state index contributed by atoms with van der Waals surface area (Å²) in [7, 11) is 1.60. The molecule has 0 unspecified atom stereocenters. The van der Waals surface area contributed by atoms with Gasteiger partial charge in [0.1, 0.15) is 6.61 Å². The van der Waals surface area contributed by atoms with Gasteiger partial charge in [0, 0.05) is 19.3 Å². The van der Waals surface area contributed by atoms with E-state index in [4.69, 9.17) is 4.74 Å². The molecule has 2 amide bonds. The Morgan fingerprint density at radius 3 is 3.05 bits per heavy atom. The van der Waals surface area contributed by atoms with Crippen molar-refractivity contribution in [3.63, 3.8) is 0 Å². The van der Waals surface area contributed by atoms with Crippen LogP contribution in [0.2, 0.25) is 0 Å². The van der Waals surface area contributed by atoms with E-state index in [0.29, 0.717) is 23.8 Å². The van der Waals surface area contributed by atoms with Crippen molar-refractivity contribution < 1.29 is 9.53 Å². The summed E-state index contributed by atoms with van der Waals surface area (Å²) in [6, 6.07) is 3.73. The normalized spacial score (nSPS) is 15.5. The van der Waals surface area contributed by atoms with Gasteiger partial charge in [-0.3, -0.25) is 0 Å². The molecule has 1 fully saturated rings. The molecule has 0 bridgehead atoms. The number of rotatable bonds is 4. The lowest BCUT2D eigenvalue weighted by Crippen LogP contribution is -2.36. The lowest BCUT2D eigenvalue weighted by molar-refractivity contribution is 0.178. The molecule has 2 aromatic heterocycles. The third-order valence-corrected chi connectivity index (χ3v) is 3.62. The summed E-state index contributed by atoms with van der Waals surface area (Å²) in [6.07, 6.45) is 6.28. The number of ether oxygens (including phenoxy) is 1. The highest BCUT2D eigenvalue weighted by atomic mass is 16.5. The van der Waals surface area contributed by atoms with Crippen LogP contribution in [0.25, 0.3) is 5.65 Å². The molecule has 2 N–H and O–H groups in total. The monoisotopic (exact) mass is 289 g/mol. The van der Waals surface area contributed by atoms with Gasteiger partial charge in [-0.05, 0) is 25.0 Å². The van der Waals surface area contributed by atoms with Gasteiger partial charge >= 0.3 is 6.03 Å². The number of methoxy groups -OCH3 is 1. The minimum absolute atomic E-state index is 0.189. The largest absolute Gasteiger partial charge is 0.377 e. The first-order valence-electron chi connectivity index (χ1n) is 7.17. The number of hydrogen-bond acceptors (Lipinski definition) is 4. The number of carbonyl (C=O) groups is 1. The number of amides is 2. The van der Waals surface area contributed by atoms with Crippen LogP contribution < -0.4 is 10.6 Å². The van der Waals surface area contributed by atoms with E-state index in [1.54, 1.807) is 17.8 Å². The third kappa shape index (κ3) is 3.13. The Balaban J connectivity index is 1.74. The molecule has 21 heavy (non-hydrogen) atoms. The Morgan fingerprint density at radius 1 is 1.48 bits per heavy atom. The molecule has 1 saturated carbocycles. The fraction of sp³-hybridized carbons (Fsp3) is 0.500. The summed E-state index contributed by atoms with van der Waals surface area (Å²) in [5.41, 5.74) is 1.26. The van der Waals surface area contributed by atoms with Crippen LogP contribution >= 0.6 is 0 Å². The molecule has 0 atom stereocenters. The van der Waals surface area contributed by atoms with E-state index in [-0.39, 0.29) is 12.1 Å². The Labute approximate surface area is 122 Å². The molecule has 0 spiro atoms. The van der Waals surface area contributed by atoms with Crippen molar-refractivity contribution in [2.45, 2.75) is 38.3 Å². The molecule has 0 aliphatic heterocycles. The highest BCUT2D eigenvalue weighted by molar-refractivity contribution is 5.93. The Hall–Kier alpha value is -2.15. The number of nitrogens with zero attached hydrogens (tertiary/aromatic N) is 3. The molecule has 7 nitrogen and oxygen atoms in total. The molecular formula is C14H19N5O2. The number of carbonyl (C=O) groups excluding carboxylic acids is 1. The van der Waals surface area contributed by atoms with Gasteiger partial charge in [-0.15, -0.1) is 5.10 Å². The quantitative estimate of drug-likeness (QED) is 0.901. The predicted molar refractivity (Wildman–Crippen MR) is 78.1 cm³/mol. The Bertz CT molecular complexity index is 633. The first-order chi connectivity index (χ1) is 10.3. The number of hydrogen-bond donors (Lipinski definition) is 2. The second-order valence-corrected chi connectivity index (χ2v) is 5.23. The van der Waals surface area contributed by atoms with Gasteiger partial charge in [0.25, 0.3) is 0 Å². The molecule has 2 heterocycles. The molecule has 2 aromatic rings. The third-order valence-electron chi connectivity index (χ3n) is 3.62. The Kier molecular flexibility index (Phi) is 4.01. The average molecular weight is 289 g/mol. The zero-order chi connectivity index (χ0) is 14.7. The van der Waals surface area contributed by atoms with Gasteiger partial charge in [-0.1, -0.05) is 12.8 Å². The molecule has 112 valence electrons. The van der Waals surface area contributed by atoms with Crippen molar-refractivity contribution in [2.75, 3.05) is 12.4 Å². The molecule has 3 rings (SSSR count). The van der Waals surface area contributed by atoms with E-state index in [1.807, 2.05) is 12.1 Å². The van der Waals surface area contributed by atoms with Crippen LogP contribution in [0.1, 0.15) is 31.5 Å². The van der Waals surface area contributed by atoms with Gasteiger partial charge in [0.05, 0.1) is 5.69 Å². The van der Waals surface area contributed by atoms with E-state index in [1.165, 1.54) is 12.8 Å². The predicted octanol–water partition coefficient (Wildman–Crippen LogP) is 1.94. The van der Waals surface area contributed by atoms with Crippen LogP contribution in [0.3, 0.4) is 0 Å². The maximum atomic E-state index is 12.0. The van der Waals surface area contributed by atoms with Gasteiger partial charge in [0.15, 0.2) is 11.5 Å². The van der Waals surface area contributed by atoms with Crippen molar-refractivity contribution in [3.05, 3.63) is 24.2 Å². The Morgan fingerprint density at radius 2 is 2.29 bits per heavy atom. The lowest BCUT2D eigenvalue weighted by atomic mass is 10.2. The van der Waals surface area contributed by atoms with E-state index < -0.39 is 0 Å². The smallest absolute Gasteiger partial charge is 0.319 e. The van der Waals surface area contributed by atoms with E-state index in [2.05, 4.69) is 20.7 Å². The van der Waals surface area contributed by atoms with Crippen molar-refractivity contribution in [1.82, 2.24) is 19.9 Å². The van der Waals surface area contributed by atoms with Gasteiger partial charge < -0.3 is 15.4 Å². The minimum Gasteiger partial charge on any atom is -0.377 e. The summed E-state index contributed by atoms with van der Waals surface area (Å²) in [6.45, 7) is 0.343. The average Bonchev–Trinajstić information content (AvgIpc) is 3.08. The van der Waals surface area contributed by atoms with Crippen molar-refractivity contribution in [2.24, 2.45) is 0 Å². The topological polar surface area (TPSA) is 80.5 Å². The summed E-state index contributed by atoms with van der Waals surface area (Å²) in [5, 5.41) is 10.1. The van der Waals surface area contributed by atoms with Crippen LogP contribution in [0.4, 0.5) is 10.5 Å². The summed E-state index contributed by atoms with van der Waals surface area (Å²) in [5.74, 6) is 0.586. The maximum Gasteiger partial charge on any atom is 0.319 e. The SMILES string of the molecule is COCc1nc2c(NC(=O)NC3CCCC3)cccn2n1. The fourth-order valence-electron chi connectivity index (χ4n) is 2.65.